The maximum absolute atomic E-state index is 12.1. The average Bonchev–Trinajstić information content (AvgIpc) is 3.05. The molecule has 1 heterocycles. The van der Waals surface area contributed by atoms with Crippen LogP contribution >= 0.6 is 0 Å². The van der Waals surface area contributed by atoms with Crippen molar-refractivity contribution in [3.05, 3.63) is 48.5 Å². The van der Waals surface area contributed by atoms with Crippen LogP contribution in [0.5, 0.6) is 17.2 Å². The first-order valence-corrected chi connectivity index (χ1v) is 8.25. The number of carbonyl (C=O) groups excluding carboxylic acids is 2. The molecule has 2 aromatic carbocycles. The predicted molar refractivity (Wildman–Crippen MR) is 93.9 cm³/mol. The molecular weight excluding hydrogens is 320 g/mol. The number of hydrogen-bond acceptors (Lipinski definition) is 4. The third-order valence-corrected chi connectivity index (χ3v) is 3.80. The van der Waals surface area contributed by atoms with Crippen molar-refractivity contribution < 1.29 is 19.1 Å². The zero-order valence-corrected chi connectivity index (χ0v) is 14.0. The average molecular weight is 340 g/mol. The van der Waals surface area contributed by atoms with Gasteiger partial charge in [-0.25, -0.2) is 0 Å². The summed E-state index contributed by atoms with van der Waals surface area (Å²) < 4.78 is 11.2. The Morgan fingerprint density at radius 1 is 1.08 bits per heavy atom. The second kappa shape index (κ2) is 7.70. The molecule has 3 rings (SSSR count). The third kappa shape index (κ3) is 4.50. The number of rotatable bonds is 6. The summed E-state index contributed by atoms with van der Waals surface area (Å²) in [5, 5.41) is 5.44. The quantitative estimate of drug-likeness (QED) is 0.847. The lowest BCUT2D eigenvalue weighted by Gasteiger charge is -2.12. The van der Waals surface area contributed by atoms with E-state index in [2.05, 4.69) is 10.6 Å². The Bertz CT molecular complexity index is 741. The maximum atomic E-state index is 12.1. The minimum atomic E-state index is -0.452. The molecule has 25 heavy (non-hydrogen) atoms. The Balaban J connectivity index is 1.56. The number of hydrogen-bond donors (Lipinski definition) is 2. The molecule has 1 saturated heterocycles. The van der Waals surface area contributed by atoms with Crippen molar-refractivity contribution in [2.24, 2.45) is 0 Å². The molecule has 1 aliphatic rings. The van der Waals surface area contributed by atoms with Crippen molar-refractivity contribution >= 4 is 17.5 Å². The van der Waals surface area contributed by atoms with E-state index in [4.69, 9.17) is 9.47 Å². The highest BCUT2D eigenvalue weighted by Gasteiger charge is 2.27. The second-order valence-corrected chi connectivity index (χ2v) is 5.68. The van der Waals surface area contributed by atoms with Gasteiger partial charge in [0.15, 0.2) is 0 Å². The number of ether oxygens (including phenoxy) is 2. The Kier molecular flexibility index (Phi) is 5.18. The Hall–Kier alpha value is -3.02. The van der Waals surface area contributed by atoms with E-state index < -0.39 is 6.04 Å². The van der Waals surface area contributed by atoms with Crippen LogP contribution in [0.25, 0.3) is 0 Å². The summed E-state index contributed by atoms with van der Waals surface area (Å²) in [7, 11) is 0. The molecule has 2 aromatic rings. The van der Waals surface area contributed by atoms with E-state index in [1.807, 2.05) is 31.2 Å². The second-order valence-electron chi connectivity index (χ2n) is 5.68. The van der Waals surface area contributed by atoms with Gasteiger partial charge in [-0.15, -0.1) is 0 Å². The molecular formula is C19H20N2O4. The molecule has 0 aromatic heterocycles. The lowest BCUT2D eigenvalue weighted by molar-refractivity contribution is -0.122. The van der Waals surface area contributed by atoms with E-state index in [1.165, 1.54) is 0 Å². The van der Waals surface area contributed by atoms with Gasteiger partial charge >= 0.3 is 0 Å². The normalized spacial score (nSPS) is 16.2. The fraction of sp³-hybridized carbons (Fsp3) is 0.263. The van der Waals surface area contributed by atoms with Crippen LogP contribution in [-0.2, 0) is 9.59 Å². The molecule has 1 aliphatic heterocycles. The molecule has 0 radical (unpaired) electrons. The van der Waals surface area contributed by atoms with Gasteiger partial charge < -0.3 is 20.1 Å². The number of nitrogens with one attached hydrogen (secondary N) is 2. The van der Waals surface area contributed by atoms with Gasteiger partial charge in [-0.1, -0.05) is 0 Å². The van der Waals surface area contributed by atoms with Crippen molar-refractivity contribution in [2.45, 2.75) is 25.8 Å². The fourth-order valence-electron chi connectivity index (χ4n) is 2.55. The molecule has 2 N–H and O–H groups in total. The largest absolute Gasteiger partial charge is 0.494 e. The highest BCUT2D eigenvalue weighted by molar-refractivity contribution is 5.98. The number of anilines is 1. The van der Waals surface area contributed by atoms with Gasteiger partial charge in [0, 0.05) is 12.1 Å². The molecule has 1 atom stereocenters. The van der Waals surface area contributed by atoms with Crippen LogP contribution < -0.4 is 20.1 Å². The molecule has 6 heteroatoms. The summed E-state index contributed by atoms with van der Waals surface area (Å²) in [5.74, 6) is 1.88. The predicted octanol–water partition coefficient (Wildman–Crippen LogP) is 3.09. The maximum Gasteiger partial charge on any atom is 0.246 e. The van der Waals surface area contributed by atoms with Crippen molar-refractivity contribution in [3.8, 4) is 17.2 Å². The van der Waals surface area contributed by atoms with Gasteiger partial charge in [-0.2, -0.15) is 0 Å². The zero-order chi connectivity index (χ0) is 17.6. The van der Waals surface area contributed by atoms with E-state index in [-0.39, 0.29) is 11.8 Å². The summed E-state index contributed by atoms with van der Waals surface area (Å²) >= 11 is 0. The van der Waals surface area contributed by atoms with E-state index in [0.29, 0.717) is 36.6 Å². The van der Waals surface area contributed by atoms with Gasteiger partial charge in [0.2, 0.25) is 11.8 Å². The zero-order valence-electron chi connectivity index (χ0n) is 14.0. The van der Waals surface area contributed by atoms with E-state index in [1.54, 1.807) is 24.3 Å². The van der Waals surface area contributed by atoms with Gasteiger partial charge in [0.1, 0.15) is 23.3 Å². The number of benzene rings is 2. The van der Waals surface area contributed by atoms with E-state index >= 15 is 0 Å². The minimum Gasteiger partial charge on any atom is -0.494 e. The molecule has 1 fully saturated rings. The van der Waals surface area contributed by atoms with Crippen LogP contribution in [0.3, 0.4) is 0 Å². The van der Waals surface area contributed by atoms with E-state index in [9.17, 15) is 9.59 Å². The molecule has 0 spiro atoms. The number of amides is 2. The number of carbonyl (C=O) groups is 2. The van der Waals surface area contributed by atoms with Gasteiger partial charge in [0.05, 0.1) is 6.61 Å². The Morgan fingerprint density at radius 3 is 2.24 bits per heavy atom. The minimum absolute atomic E-state index is 0.0840. The summed E-state index contributed by atoms with van der Waals surface area (Å²) in [4.78, 5) is 23.2. The Morgan fingerprint density at radius 2 is 1.68 bits per heavy atom. The molecule has 0 saturated carbocycles. The van der Waals surface area contributed by atoms with Crippen molar-refractivity contribution in [2.75, 3.05) is 11.9 Å². The van der Waals surface area contributed by atoms with Gasteiger partial charge in [0.25, 0.3) is 0 Å². The third-order valence-electron chi connectivity index (χ3n) is 3.80. The molecule has 6 nitrogen and oxygen atoms in total. The van der Waals surface area contributed by atoms with Gasteiger partial charge in [-0.05, 0) is 61.9 Å². The SMILES string of the molecule is CCOc1ccc(Oc2ccc(NC(=O)[C@H]3CCC(=O)N3)cc2)cc1. The smallest absolute Gasteiger partial charge is 0.246 e. The van der Waals surface area contributed by atoms with Crippen LogP contribution in [0.1, 0.15) is 19.8 Å². The van der Waals surface area contributed by atoms with Crippen LogP contribution in [0.4, 0.5) is 5.69 Å². The molecule has 0 unspecified atom stereocenters. The fourth-order valence-corrected chi connectivity index (χ4v) is 2.55. The van der Waals surface area contributed by atoms with Crippen LogP contribution in [-0.4, -0.2) is 24.5 Å². The molecule has 2 amide bonds. The highest BCUT2D eigenvalue weighted by atomic mass is 16.5. The molecule has 0 bridgehead atoms. The van der Waals surface area contributed by atoms with Crippen molar-refractivity contribution in [1.82, 2.24) is 5.32 Å². The summed E-state index contributed by atoms with van der Waals surface area (Å²) in [6.07, 6.45) is 0.927. The van der Waals surface area contributed by atoms with Gasteiger partial charge in [-0.3, -0.25) is 9.59 Å². The highest BCUT2D eigenvalue weighted by Crippen LogP contribution is 2.25. The van der Waals surface area contributed by atoms with Crippen LogP contribution in [0.15, 0.2) is 48.5 Å². The Labute approximate surface area is 146 Å². The lowest BCUT2D eigenvalue weighted by atomic mass is 10.2. The van der Waals surface area contributed by atoms with Crippen molar-refractivity contribution in [3.63, 3.8) is 0 Å². The lowest BCUT2D eigenvalue weighted by Crippen LogP contribution is -2.37. The van der Waals surface area contributed by atoms with E-state index in [0.717, 1.165) is 5.75 Å². The summed E-state index contributed by atoms with van der Waals surface area (Å²) in [6, 6.07) is 14.0. The summed E-state index contributed by atoms with van der Waals surface area (Å²) in [5.41, 5.74) is 0.658. The van der Waals surface area contributed by atoms with Crippen LogP contribution in [0.2, 0.25) is 0 Å². The first-order chi connectivity index (χ1) is 12.1. The first-order valence-electron chi connectivity index (χ1n) is 8.25. The molecule has 0 aliphatic carbocycles. The molecule has 130 valence electrons. The standard InChI is InChI=1S/C19H20N2O4/c1-2-24-14-7-9-16(10-8-14)25-15-5-3-13(4-6-15)20-19(23)17-11-12-18(22)21-17/h3-10,17H,2,11-12H2,1H3,(H,20,23)(H,21,22)/t17-/m1/s1. The first kappa shape index (κ1) is 16.8. The monoisotopic (exact) mass is 340 g/mol. The summed E-state index contributed by atoms with van der Waals surface area (Å²) in [6.45, 7) is 2.56. The van der Waals surface area contributed by atoms with Crippen LogP contribution in [0, 0.1) is 0 Å². The topological polar surface area (TPSA) is 76.7 Å². The van der Waals surface area contributed by atoms with Crippen molar-refractivity contribution in [1.29, 1.82) is 0 Å².